The molecular formula is C11H11N5O2. The van der Waals surface area contributed by atoms with Crippen LogP contribution in [-0.4, -0.2) is 19.7 Å². The van der Waals surface area contributed by atoms with Crippen molar-refractivity contribution in [1.82, 2.24) is 19.7 Å². The first-order valence-corrected chi connectivity index (χ1v) is 5.38. The number of aromatic nitrogens is 4. The minimum Gasteiger partial charge on any atom is -0.455 e. The predicted molar refractivity (Wildman–Crippen MR) is 62.1 cm³/mol. The maximum Gasteiger partial charge on any atom is 0.294 e. The summed E-state index contributed by atoms with van der Waals surface area (Å²) < 4.78 is 12.4. The molecule has 0 radical (unpaired) electrons. The Morgan fingerprint density at radius 2 is 2.28 bits per heavy atom. The fourth-order valence-corrected chi connectivity index (χ4v) is 1.60. The summed E-state index contributed by atoms with van der Waals surface area (Å²) in [6.45, 7) is 0.334. The van der Waals surface area contributed by atoms with Gasteiger partial charge in [-0.25, -0.2) is 4.98 Å². The molecule has 0 spiro atoms. The van der Waals surface area contributed by atoms with Crippen molar-refractivity contribution in [2.75, 3.05) is 0 Å². The first-order chi connectivity index (χ1) is 8.78. The standard InChI is InChI=1S/C11H11N5O2/c1-16-5-4-13-10(16)9-14-11(18-15-9)8-3-2-7(6-12)17-8/h2-5H,6,12H2,1H3. The summed E-state index contributed by atoms with van der Waals surface area (Å²) >= 11 is 0. The molecule has 0 unspecified atom stereocenters. The molecule has 3 aromatic rings. The van der Waals surface area contributed by atoms with Crippen LogP contribution >= 0.6 is 0 Å². The first-order valence-electron chi connectivity index (χ1n) is 5.38. The lowest BCUT2D eigenvalue weighted by molar-refractivity contribution is 0.411. The molecule has 0 aliphatic carbocycles. The highest BCUT2D eigenvalue weighted by molar-refractivity contribution is 5.50. The van der Waals surface area contributed by atoms with Crippen LogP contribution in [0.4, 0.5) is 0 Å². The zero-order valence-corrected chi connectivity index (χ0v) is 9.70. The van der Waals surface area contributed by atoms with Crippen LogP contribution in [0.3, 0.4) is 0 Å². The van der Waals surface area contributed by atoms with Crippen molar-refractivity contribution < 1.29 is 8.94 Å². The van der Waals surface area contributed by atoms with E-state index in [0.717, 1.165) is 0 Å². The number of nitrogens with zero attached hydrogens (tertiary/aromatic N) is 4. The normalized spacial score (nSPS) is 11.0. The van der Waals surface area contributed by atoms with Crippen LogP contribution < -0.4 is 5.73 Å². The predicted octanol–water partition coefficient (Wildman–Crippen LogP) is 1.19. The number of rotatable bonds is 3. The number of aryl methyl sites for hydroxylation is 1. The third-order valence-electron chi connectivity index (χ3n) is 2.52. The van der Waals surface area contributed by atoms with Gasteiger partial charge in [-0.2, -0.15) is 4.98 Å². The van der Waals surface area contributed by atoms with Crippen LogP contribution in [0.2, 0.25) is 0 Å². The highest BCUT2D eigenvalue weighted by Crippen LogP contribution is 2.22. The van der Waals surface area contributed by atoms with E-state index in [4.69, 9.17) is 14.7 Å². The maximum atomic E-state index is 5.47. The Bertz CT molecular complexity index is 666. The molecule has 7 nitrogen and oxygen atoms in total. The number of hydrogen-bond donors (Lipinski definition) is 1. The fraction of sp³-hybridized carbons (Fsp3) is 0.182. The van der Waals surface area contributed by atoms with E-state index in [1.54, 1.807) is 18.3 Å². The van der Waals surface area contributed by atoms with Crippen molar-refractivity contribution in [3.05, 3.63) is 30.3 Å². The van der Waals surface area contributed by atoms with Crippen LogP contribution in [0, 0.1) is 0 Å². The van der Waals surface area contributed by atoms with Gasteiger partial charge in [-0.3, -0.25) is 0 Å². The van der Waals surface area contributed by atoms with Crippen LogP contribution in [0.5, 0.6) is 0 Å². The summed E-state index contributed by atoms with van der Waals surface area (Å²) in [7, 11) is 1.86. The average Bonchev–Trinajstić information content (AvgIpc) is 3.07. The molecule has 0 aliphatic rings. The first kappa shape index (κ1) is 10.7. The van der Waals surface area contributed by atoms with E-state index in [0.29, 0.717) is 35.6 Å². The third kappa shape index (κ3) is 1.70. The highest BCUT2D eigenvalue weighted by Gasteiger charge is 2.16. The molecule has 7 heteroatoms. The zero-order chi connectivity index (χ0) is 12.5. The van der Waals surface area contributed by atoms with E-state index < -0.39 is 0 Å². The summed E-state index contributed by atoms with van der Waals surface area (Å²) in [6, 6.07) is 3.53. The van der Waals surface area contributed by atoms with Gasteiger partial charge in [-0.15, -0.1) is 0 Å². The summed E-state index contributed by atoms with van der Waals surface area (Å²) in [4.78, 5) is 8.38. The number of imidazole rings is 1. The minimum absolute atomic E-state index is 0.313. The van der Waals surface area contributed by atoms with Gasteiger partial charge in [0, 0.05) is 19.4 Å². The number of hydrogen-bond acceptors (Lipinski definition) is 6. The van der Waals surface area contributed by atoms with Crippen molar-refractivity contribution in [1.29, 1.82) is 0 Å². The Morgan fingerprint density at radius 1 is 1.39 bits per heavy atom. The molecule has 3 heterocycles. The molecule has 0 saturated heterocycles. The van der Waals surface area contributed by atoms with Gasteiger partial charge in [-0.1, -0.05) is 5.16 Å². The molecule has 0 atom stereocenters. The van der Waals surface area contributed by atoms with E-state index in [2.05, 4.69) is 15.1 Å². The van der Waals surface area contributed by atoms with Gasteiger partial charge >= 0.3 is 0 Å². The number of furan rings is 1. The Kier molecular flexibility index (Phi) is 2.45. The second-order valence-corrected chi connectivity index (χ2v) is 3.75. The van der Waals surface area contributed by atoms with Crippen molar-refractivity contribution >= 4 is 0 Å². The smallest absolute Gasteiger partial charge is 0.294 e. The highest BCUT2D eigenvalue weighted by atomic mass is 16.5. The minimum atomic E-state index is 0.313. The molecule has 2 N–H and O–H groups in total. The monoisotopic (exact) mass is 245 g/mol. The summed E-state index contributed by atoms with van der Waals surface area (Å²) in [6.07, 6.45) is 3.48. The number of nitrogens with two attached hydrogens (primary N) is 1. The van der Waals surface area contributed by atoms with Crippen molar-refractivity contribution in [2.24, 2.45) is 12.8 Å². The Morgan fingerprint density at radius 3 is 2.94 bits per heavy atom. The molecular weight excluding hydrogens is 234 g/mol. The molecule has 0 amide bonds. The largest absolute Gasteiger partial charge is 0.455 e. The Balaban J connectivity index is 1.96. The molecule has 3 aromatic heterocycles. The Labute approximate surface area is 102 Å². The summed E-state index contributed by atoms with van der Waals surface area (Å²) in [5.74, 6) is 2.54. The molecule has 92 valence electrons. The lowest BCUT2D eigenvalue weighted by Gasteiger charge is -1.92. The summed E-state index contributed by atoms with van der Waals surface area (Å²) in [5, 5.41) is 3.87. The molecule has 0 fully saturated rings. The van der Waals surface area contributed by atoms with Gasteiger partial charge in [0.1, 0.15) is 5.76 Å². The summed E-state index contributed by atoms with van der Waals surface area (Å²) in [5.41, 5.74) is 5.47. The van der Waals surface area contributed by atoms with Crippen LogP contribution in [0.25, 0.3) is 23.3 Å². The Hall–Kier alpha value is -2.41. The van der Waals surface area contributed by atoms with E-state index in [-0.39, 0.29) is 0 Å². The zero-order valence-electron chi connectivity index (χ0n) is 9.70. The van der Waals surface area contributed by atoms with Gasteiger partial charge in [0.15, 0.2) is 11.6 Å². The second kappa shape index (κ2) is 4.11. The molecule has 18 heavy (non-hydrogen) atoms. The SMILES string of the molecule is Cn1ccnc1-c1noc(-c2ccc(CN)o2)n1. The second-order valence-electron chi connectivity index (χ2n) is 3.75. The average molecular weight is 245 g/mol. The fourth-order valence-electron chi connectivity index (χ4n) is 1.60. The lowest BCUT2D eigenvalue weighted by atomic mass is 10.4. The van der Waals surface area contributed by atoms with Crippen LogP contribution in [0.1, 0.15) is 5.76 Å². The van der Waals surface area contributed by atoms with Gasteiger partial charge < -0.3 is 19.2 Å². The van der Waals surface area contributed by atoms with E-state index in [1.807, 2.05) is 17.8 Å². The van der Waals surface area contributed by atoms with Gasteiger partial charge in [0.25, 0.3) is 5.89 Å². The quantitative estimate of drug-likeness (QED) is 0.744. The molecule has 0 aliphatic heterocycles. The van der Waals surface area contributed by atoms with E-state index in [9.17, 15) is 0 Å². The molecule has 0 aromatic carbocycles. The van der Waals surface area contributed by atoms with Gasteiger partial charge in [-0.05, 0) is 12.1 Å². The third-order valence-corrected chi connectivity index (χ3v) is 2.52. The van der Waals surface area contributed by atoms with Gasteiger partial charge in [0.05, 0.1) is 6.54 Å². The lowest BCUT2D eigenvalue weighted by Crippen LogP contribution is -1.93. The van der Waals surface area contributed by atoms with Crippen LogP contribution in [0.15, 0.2) is 33.5 Å². The van der Waals surface area contributed by atoms with Crippen molar-refractivity contribution in [3.8, 4) is 23.3 Å². The maximum absolute atomic E-state index is 5.47. The van der Waals surface area contributed by atoms with Crippen molar-refractivity contribution in [2.45, 2.75) is 6.54 Å². The molecule has 3 rings (SSSR count). The topological polar surface area (TPSA) is 95.9 Å². The molecule has 0 bridgehead atoms. The van der Waals surface area contributed by atoms with Crippen LogP contribution in [-0.2, 0) is 13.6 Å². The van der Waals surface area contributed by atoms with E-state index in [1.165, 1.54) is 0 Å². The van der Waals surface area contributed by atoms with Gasteiger partial charge in [0.2, 0.25) is 5.82 Å². The van der Waals surface area contributed by atoms with E-state index >= 15 is 0 Å². The molecule has 0 saturated carbocycles. The van der Waals surface area contributed by atoms with Crippen molar-refractivity contribution in [3.63, 3.8) is 0 Å².